The van der Waals surface area contributed by atoms with E-state index >= 15 is 0 Å². The summed E-state index contributed by atoms with van der Waals surface area (Å²) in [5.41, 5.74) is 5.04. The summed E-state index contributed by atoms with van der Waals surface area (Å²) in [4.78, 5) is 27.5. The van der Waals surface area contributed by atoms with Crippen molar-refractivity contribution in [3.63, 3.8) is 0 Å². The predicted octanol–water partition coefficient (Wildman–Crippen LogP) is 11.0. The maximum Gasteiger partial charge on any atom is 0.338 e. The summed E-state index contributed by atoms with van der Waals surface area (Å²) in [5.74, 6) is 1.78. The summed E-state index contributed by atoms with van der Waals surface area (Å²) >= 11 is 0. The van der Waals surface area contributed by atoms with Crippen molar-refractivity contribution < 1.29 is 21.9 Å². The molecule has 4 nitrogen and oxygen atoms in total. The van der Waals surface area contributed by atoms with Crippen molar-refractivity contribution in [3.8, 4) is 0 Å². The smallest absolute Gasteiger partial charge is 0.338 e. The van der Waals surface area contributed by atoms with Crippen LogP contribution in [0, 0.1) is 11.8 Å². The third kappa shape index (κ3) is 8.63. The van der Waals surface area contributed by atoms with Crippen LogP contribution in [0.5, 0.6) is 0 Å². The minimum atomic E-state index is -0.849. The van der Waals surface area contributed by atoms with E-state index in [1.807, 2.05) is 84.9 Å². The first-order valence-electron chi connectivity index (χ1n) is 17.6. The van der Waals surface area contributed by atoms with Gasteiger partial charge in [0, 0.05) is 2.85 Å². The van der Waals surface area contributed by atoms with E-state index in [1.165, 1.54) is 74.8 Å². The van der Waals surface area contributed by atoms with Crippen LogP contribution in [0.1, 0.15) is 121 Å². The maximum atomic E-state index is 13.8. The fourth-order valence-corrected chi connectivity index (χ4v) is 8.45. The Bertz CT molecular complexity index is 1480. The number of carbonyl (C=O) groups excluding carboxylic acids is 2. The monoisotopic (exact) mass is 684 g/mol. The number of esters is 2. The summed E-state index contributed by atoms with van der Waals surface area (Å²) < 4.78 is 12.6. The van der Waals surface area contributed by atoms with Crippen molar-refractivity contribution >= 4 is 30.4 Å². The van der Waals surface area contributed by atoms with Crippen molar-refractivity contribution in [3.05, 3.63) is 143 Å². The van der Waals surface area contributed by atoms with Crippen LogP contribution in [-0.4, -0.2) is 24.3 Å². The number of hydrogen-bond acceptors (Lipinski definition) is 4. The van der Waals surface area contributed by atoms with Gasteiger partial charge in [-0.25, -0.2) is 9.59 Å². The number of hydrogen-bond donors (Lipinski definition) is 0. The Kier molecular flexibility index (Phi) is 12.1. The molecule has 4 aromatic rings. The average Bonchev–Trinajstić information content (AvgIpc) is 3.17. The highest BCUT2D eigenvalue weighted by atomic mass is 31.0. The van der Waals surface area contributed by atoms with Crippen molar-refractivity contribution in [2.45, 2.75) is 75.4 Å². The van der Waals surface area contributed by atoms with E-state index in [2.05, 4.69) is 42.7 Å². The highest BCUT2D eigenvalue weighted by Gasteiger charge is 2.33. The van der Waals surface area contributed by atoms with Gasteiger partial charge in [0.15, 0.2) is 12.2 Å². The molecule has 0 saturated heterocycles. The Balaban J connectivity index is 0.00000281. The number of ether oxygens (including phenoxy) is 2. The lowest BCUT2D eigenvalue weighted by Gasteiger charge is -2.29. The van der Waals surface area contributed by atoms with Gasteiger partial charge in [0.05, 0.1) is 11.1 Å². The van der Waals surface area contributed by atoms with E-state index in [-0.39, 0.29) is 2.85 Å². The van der Waals surface area contributed by atoms with Gasteiger partial charge in [0.2, 0.25) is 0 Å². The van der Waals surface area contributed by atoms with Crippen LogP contribution < -0.4 is 0 Å². The molecular formula is C42H52O4P2. The molecule has 4 atom stereocenters. The van der Waals surface area contributed by atoms with Gasteiger partial charge in [0.25, 0.3) is 0 Å². The molecule has 6 rings (SSSR count). The van der Waals surface area contributed by atoms with Gasteiger partial charge in [-0.1, -0.05) is 84.9 Å². The lowest BCUT2D eigenvalue weighted by Crippen LogP contribution is -2.23. The normalized spacial score (nSPS) is 22.3. The lowest BCUT2D eigenvalue weighted by molar-refractivity contribution is -0.0388. The molecule has 2 aliphatic carbocycles. The van der Waals surface area contributed by atoms with E-state index in [9.17, 15) is 9.59 Å². The van der Waals surface area contributed by atoms with Crippen LogP contribution in [0.15, 0.2) is 109 Å². The Labute approximate surface area is 293 Å². The van der Waals surface area contributed by atoms with E-state index in [0.717, 1.165) is 23.0 Å². The van der Waals surface area contributed by atoms with E-state index < -0.39 is 24.1 Å². The molecule has 4 aromatic carbocycles. The molecule has 0 N–H and O–H groups in total. The van der Waals surface area contributed by atoms with Gasteiger partial charge in [-0.3, -0.25) is 0 Å². The Morgan fingerprint density at radius 1 is 0.521 bits per heavy atom. The van der Waals surface area contributed by atoms with Crippen molar-refractivity contribution in [2.24, 2.45) is 11.8 Å². The molecule has 2 unspecified atom stereocenters. The minimum Gasteiger partial charge on any atom is -0.450 e. The SMILES string of the molecule is O=C(O[C@H](c1ccccc1)[C@H](OC(=O)c1ccc(C2CCC(CP)CC2)cc1)c1ccccc1)c1ccc(C2CCC(CP)CC2)cc1.[2HH].[2HH]. The molecule has 0 bridgehead atoms. The van der Waals surface area contributed by atoms with E-state index in [0.29, 0.717) is 23.0 Å². The summed E-state index contributed by atoms with van der Waals surface area (Å²) in [6.45, 7) is 0. The molecule has 254 valence electrons. The highest BCUT2D eigenvalue weighted by molar-refractivity contribution is 7.16. The molecule has 6 heteroatoms. The van der Waals surface area contributed by atoms with Crippen molar-refractivity contribution in [2.75, 3.05) is 12.3 Å². The minimum absolute atomic E-state index is 0. The fraction of sp³-hybridized carbons (Fsp3) is 0.381. The molecule has 2 aliphatic rings. The second-order valence-electron chi connectivity index (χ2n) is 13.6. The maximum absolute atomic E-state index is 13.8. The molecule has 0 spiro atoms. The highest BCUT2D eigenvalue weighted by Crippen LogP contribution is 2.40. The molecule has 0 aromatic heterocycles. The van der Waals surface area contributed by atoms with Gasteiger partial charge in [-0.15, -0.1) is 18.5 Å². The molecule has 0 radical (unpaired) electrons. The van der Waals surface area contributed by atoms with Gasteiger partial charge in [-0.2, -0.15) is 0 Å². The summed E-state index contributed by atoms with van der Waals surface area (Å²) in [6, 6.07) is 34.9. The molecule has 0 amide bonds. The van der Waals surface area contributed by atoms with Crippen LogP contribution in [0.4, 0.5) is 0 Å². The second kappa shape index (κ2) is 16.9. The summed E-state index contributed by atoms with van der Waals surface area (Å²) in [6.07, 6.45) is 10.4. The van der Waals surface area contributed by atoms with Crippen LogP contribution in [0.3, 0.4) is 0 Å². The quantitative estimate of drug-likeness (QED) is 0.117. The van der Waals surface area contributed by atoms with Crippen LogP contribution >= 0.6 is 18.5 Å². The van der Waals surface area contributed by atoms with E-state index in [1.54, 1.807) is 0 Å². The molecule has 0 aliphatic heterocycles. The van der Waals surface area contributed by atoms with Gasteiger partial charge in [-0.05, 0) is 134 Å². The number of carbonyl (C=O) groups is 2. The standard InChI is InChI=1S/C42H48O4P2.2H2/c43-41(37-23-19-33(20-24-37)31-15-11-29(27-47)12-16-31)45-39(35-7-3-1-4-8-35)40(36-9-5-2-6-10-36)46-42(44)38-25-21-34(22-26-38)32-17-13-30(28-48)14-18-32;;/h1-10,19-26,29-32,39-40H,11-18,27-28,47-48H2;2*1H/t29?,30?,31?,32?,39-,40-;;/m1../s1/i;2*1+1. The first-order chi connectivity index (χ1) is 23.5. The van der Waals surface area contributed by atoms with Crippen molar-refractivity contribution in [1.29, 1.82) is 0 Å². The molecule has 2 fully saturated rings. The summed E-state index contributed by atoms with van der Waals surface area (Å²) in [5, 5.41) is 0. The predicted molar refractivity (Wildman–Crippen MR) is 205 cm³/mol. The largest absolute Gasteiger partial charge is 0.450 e. The zero-order valence-corrected chi connectivity index (χ0v) is 30.0. The molecule has 0 heterocycles. The molecule has 2 saturated carbocycles. The Hall–Kier alpha value is -3.32. The zero-order chi connectivity index (χ0) is 33.3. The topological polar surface area (TPSA) is 52.6 Å². The molecular weight excluding hydrogens is 630 g/mol. The third-order valence-corrected chi connectivity index (χ3v) is 11.9. The first kappa shape index (κ1) is 34.5. The van der Waals surface area contributed by atoms with Crippen LogP contribution in [0.25, 0.3) is 0 Å². The average molecular weight is 685 g/mol. The van der Waals surface area contributed by atoms with Crippen LogP contribution in [0.2, 0.25) is 0 Å². The lowest BCUT2D eigenvalue weighted by atomic mass is 9.79. The third-order valence-electron chi connectivity index (χ3n) is 10.6. The first-order valence-corrected chi connectivity index (χ1v) is 19.3. The van der Waals surface area contributed by atoms with Gasteiger partial charge < -0.3 is 9.47 Å². The van der Waals surface area contributed by atoms with E-state index in [4.69, 9.17) is 9.47 Å². The summed E-state index contributed by atoms with van der Waals surface area (Å²) in [7, 11) is 5.77. The Morgan fingerprint density at radius 2 is 0.854 bits per heavy atom. The zero-order valence-electron chi connectivity index (χ0n) is 27.7. The fourth-order valence-electron chi connectivity index (χ4n) is 7.51. The second-order valence-corrected chi connectivity index (χ2v) is 14.6. The molecule has 48 heavy (non-hydrogen) atoms. The Morgan fingerprint density at radius 3 is 1.17 bits per heavy atom. The van der Waals surface area contributed by atoms with Gasteiger partial charge >= 0.3 is 11.9 Å². The van der Waals surface area contributed by atoms with Crippen molar-refractivity contribution in [1.82, 2.24) is 0 Å². The number of benzene rings is 4. The van der Waals surface area contributed by atoms with Gasteiger partial charge in [0.1, 0.15) is 0 Å². The van der Waals surface area contributed by atoms with Crippen LogP contribution in [-0.2, 0) is 9.47 Å². The number of rotatable bonds is 11.